The number of nitrogens with one attached hydrogen (secondary N) is 2. The first-order chi connectivity index (χ1) is 16.6. The third-order valence-corrected chi connectivity index (χ3v) is 5.94. The van der Waals surface area contributed by atoms with Crippen LogP contribution in [-0.2, 0) is 0 Å². The second-order valence-electron chi connectivity index (χ2n) is 8.54. The number of rotatable bonds is 7. The van der Waals surface area contributed by atoms with Crippen molar-refractivity contribution in [2.75, 3.05) is 10.6 Å². The maximum Gasteiger partial charge on any atom is 0.0903 e. The summed E-state index contributed by atoms with van der Waals surface area (Å²) < 4.78 is 0. The third kappa shape index (κ3) is 4.41. The summed E-state index contributed by atoms with van der Waals surface area (Å²) in [4.78, 5) is 5.07. The lowest BCUT2D eigenvalue weighted by Gasteiger charge is -2.14. The van der Waals surface area contributed by atoms with Gasteiger partial charge in [0.15, 0.2) is 0 Å². The number of hydrogen-bond donors (Lipinski definition) is 2. The van der Waals surface area contributed by atoms with Crippen LogP contribution in [-0.4, -0.2) is 5.71 Å². The zero-order valence-electron chi connectivity index (χ0n) is 19.3. The molecule has 4 aromatic rings. The van der Waals surface area contributed by atoms with Gasteiger partial charge in [-0.1, -0.05) is 92.0 Å². The normalized spacial score (nSPS) is 13.0. The fourth-order valence-corrected chi connectivity index (χ4v) is 4.34. The number of nitrogens with zero attached hydrogens (tertiary/aromatic N) is 1. The van der Waals surface area contributed by atoms with Crippen LogP contribution >= 0.6 is 0 Å². The van der Waals surface area contributed by atoms with E-state index in [1.54, 1.807) is 0 Å². The molecule has 0 saturated carbocycles. The van der Waals surface area contributed by atoms with Crippen LogP contribution in [0.15, 0.2) is 132 Å². The standard InChI is InChI=1S/C31H27N3/c1-21(2)32-26-18-16-24(17-19-26)28-20-30(25-11-5-4-6-12-25)34-31(28)22(3)33-29-15-9-13-23-10-7-8-14-27(23)29/h4-19,32-33H,1,3,20H2,2H3. The van der Waals surface area contributed by atoms with Gasteiger partial charge in [-0.25, -0.2) is 4.99 Å². The van der Waals surface area contributed by atoms with Gasteiger partial charge in [-0.2, -0.15) is 0 Å². The molecule has 0 atom stereocenters. The zero-order chi connectivity index (χ0) is 23.5. The average Bonchev–Trinajstić information content (AvgIpc) is 3.31. The number of aliphatic imine (C=N–C) groups is 1. The van der Waals surface area contributed by atoms with Crippen molar-refractivity contribution in [3.63, 3.8) is 0 Å². The van der Waals surface area contributed by atoms with Gasteiger partial charge in [0, 0.05) is 28.9 Å². The summed E-state index contributed by atoms with van der Waals surface area (Å²) in [5.74, 6) is 0. The highest BCUT2D eigenvalue weighted by Crippen LogP contribution is 2.36. The molecule has 34 heavy (non-hydrogen) atoms. The molecular weight excluding hydrogens is 414 g/mol. The minimum absolute atomic E-state index is 0.753. The summed E-state index contributed by atoms with van der Waals surface area (Å²) in [6, 6.07) is 33.4. The van der Waals surface area contributed by atoms with E-state index < -0.39 is 0 Å². The molecule has 5 rings (SSSR count). The molecule has 3 nitrogen and oxygen atoms in total. The molecule has 0 saturated heterocycles. The molecule has 0 radical (unpaired) electrons. The van der Waals surface area contributed by atoms with Gasteiger partial charge >= 0.3 is 0 Å². The van der Waals surface area contributed by atoms with Crippen molar-refractivity contribution in [3.8, 4) is 0 Å². The first kappa shape index (κ1) is 21.5. The van der Waals surface area contributed by atoms with Gasteiger partial charge in [0.1, 0.15) is 0 Å². The molecule has 0 unspecified atom stereocenters. The number of benzene rings is 4. The van der Waals surface area contributed by atoms with Gasteiger partial charge in [0.2, 0.25) is 0 Å². The molecule has 4 aromatic carbocycles. The SMILES string of the molecule is C=C(C)Nc1ccc(C2=C(C(=C)Nc3cccc4ccccc34)N=C(c3ccccc3)C2)cc1. The van der Waals surface area contributed by atoms with E-state index in [0.29, 0.717) is 0 Å². The highest BCUT2D eigenvalue weighted by Gasteiger charge is 2.23. The van der Waals surface area contributed by atoms with Crippen LogP contribution in [0.3, 0.4) is 0 Å². The van der Waals surface area contributed by atoms with Crippen LogP contribution in [0.25, 0.3) is 16.3 Å². The monoisotopic (exact) mass is 441 g/mol. The minimum Gasteiger partial charge on any atom is -0.360 e. The molecule has 166 valence electrons. The number of fused-ring (bicyclic) bond motifs is 1. The Morgan fingerprint density at radius 2 is 1.44 bits per heavy atom. The summed E-state index contributed by atoms with van der Waals surface area (Å²) in [6.45, 7) is 10.3. The van der Waals surface area contributed by atoms with Crippen molar-refractivity contribution in [2.24, 2.45) is 4.99 Å². The summed E-state index contributed by atoms with van der Waals surface area (Å²) >= 11 is 0. The first-order valence-corrected chi connectivity index (χ1v) is 11.4. The van der Waals surface area contributed by atoms with Gasteiger partial charge in [-0.05, 0) is 47.2 Å². The number of allylic oxidation sites excluding steroid dienone is 2. The molecule has 3 heteroatoms. The van der Waals surface area contributed by atoms with E-state index in [-0.39, 0.29) is 0 Å². The highest BCUT2D eigenvalue weighted by atomic mass is 15.0. The van der Waals surface area contributed by atoms with Crippen molar-refractivity contribution in [2.45, 2.75) is 13.3 Å². The molecule has 0 bridgehead atoms. The van der Waals surface area contributed by atoms with Gasteiger partial charge in [-0.15, -0.1) is 0 Å². The molecule has 0 amide bonds. The van der Waals surface area contributed by atoms with Crippen LogP contribution in [0, 0.1) is 0 Å². The number of hydrogen-bond acceptors (Lipinski definition) is 3. The van der Waals surface area contributed by atoms with Crippen LogP contribution in [0.2, 0.25) is 0 Å². The summed E-state index contributed by atoms with van der Waals surface area (Å²) in [5.41, 5.74) is 9.14. The van der Waals surface area contributed by atoms with Crippen LogP contribution in [0.5, 0.6) is 0 Å². The molecule has 1 aliphatic rings. The molecular formula is C31H27N3. The summed E-state index contributed by atoms with van der Waals surface area (Å²) in [6.07, 6.45) is 0.753. The Morgan fingerprint density at radius 3 is 2.21 bits per heavy atom. The van der Waals surface area contributed by atoms with Crippen LogP contribution < -0.4 is 10.6 Å². The minimum atomic E-state index is 0.753. The largest absolute Gasteiger partial charge is 0.360 e. The van der Waals surface area contributed by atoms with Crippen molar-refractivity contribution < 1.29 is 0 Å². The highest BCUT2D eigenvalue weighted by molar-refractivity contribution is 6.11. The fourth-order valence-electron chi connectivity index (χ4n) is 4.34. The topological polar surface area (TPSA) is 36.4 Å². The third-order valence-electron chi connectivity index (χ3n) is 5.94. The Hall–Kier alpha value is -4.37. The summed E-state index contributed by atoms with van der Waals surface area (Å²) in [5, 5.41) is 9.18. The second kappa shape index (κ2) is 9.24. The Kier molecular flexibility index (Phi) is 5.84. The maximum absolute atomic E-state index is 5.07. The number of anilines is 2. The fraction of sp³-hybridized carbons (Fsp3) is 0.0645. The van der Waals surface area contributed by atoms with E-state index in [4.69, 9.17) is 4.99 Å². The molecule has 0 aliphatic carbocycles. The molecule has 0 aromatic heterocycles. The predicted molar refractivity (Wildman–Crippen MR) is 146 cm³/mol. The quantitative estimate of drug-likeness (QED) is 0.305. The van der Waals surface area contributed by atoms with E-state index >= 15 is 0 Å². The van der Waals surface area contributed by atoms with Crippen molar-refractivity contribution >= 4 is 33.4 Å². The van der Waals surface area contributed by atoms with Crippen molar-refractivity contribution in [1.29, 1.82) is 0 Å². The van der Waals surface area contributed by atoms with Gasteiger partial charge in [-0.3, -0.25) is 0 Å². The van der Waals surface area contributed by atoms with E-state index in [0.717, 1.165) is 57.1 Å². The zero-order valence-corrected chi connectivity index (χ0v) is 19.3. The van der Waals surface area contributed by atoms with Gasteiger partial charge < -0.3 is 10.6 Å². The average molecular weight is 442 g/mol. The van der Waals surface area contributed by atoms with Crippen molar-refractivity contribution in [3.05, 3.63) is 138 Å². The lowest BCUT2D eigenvalue weighted by Crippen LogP contribution is -2.01. The van der Waals surface area contributed by atoms with E-state index in [1.807, 2.05) is 13.0 Å². The molecule has 0 fully saturated rings. The maximum atomic E-state index is 5.07. The predicted octanol–water partition coefficient (Wildman–Crippen LogP) is 8.02. The second-order valence-corrected chi connectivity index (χ2v) is 8.54. The van der Waals surface area contributed by atoms with E-state index in [9.17, 15) is 0 Å². The Balaban J connectivity index is 1.52. The molecule has 2 N–H and O–H groups in total. The molecule has 1 heterocycles. The lowest BCUT2D eigenvalue weighted by molar-refractivity contribution is 1.32. The Labute approximate surface area is 200 Å². The van der Waals surface area contributed by atoms with Crippen LogP contribution in [0.4, 0.5) is 11.4 Å². The summed E-state index contributed by atoms with van der Waals surface area (Å²) in [7, 11) is 0. The van der Waals surface area contributed by atoms with Gasteiger partial charge in [0.25, 0.3) is 0 Å². The molecule has 1 aliphatic heterocycles. The van der Waals surface area contributed by atoms with Crippen LogP contribution in [0.1, 0.15) is 24.5 Å². The molecule has 0 spiro atoms. The van der Waals surface area contributed by atoms with Crippen molar-refractivity contribution in [1.82, 2.24) is 0 Å². The smallest absolute Gasteiger partial charge is 0.0903 e. The van der Waals surface area contributed by atoms with E-state index in [2.05, 4.69) is 115 Å². The van der Waals surface area contributed by atoms with Gasteiger partial charge in [0.05, 0.1) is 17.1 Å². The van der Waals surface area contributed by atoms with E-state index in [1.165, 1.54) is 11.0 Å². The Bertz CT molecular complexity index is 1440. The first-order valence-electron chi connectivity index (χ1n) is 11.4. The Morgan fingerprint density at radius 1 is 0.735 bits per heavy atom. The lowest BCUT2D eigenvalue weighted by atomic mass is 9.97.